The summed E-state index contributed by atoms with van der Waals surface area (Å²) in [5.41, 5.74) is 3.36. The standard InChI is InChI=1S/C31H40N8O3S/c1-20-21(2)36-37-28(20)35-29-23-16-26(43-31(3,4)5)25(17-24(23)33-19-34-29)42-15-7-10-38-11-13-39(14-12-38)27-9-8-22(18-32-27)30(40)41-6/h8-9,16-19H,7,10-15H2,1-6H3,(H2,33,34,35,36,37). The number of methoxy groups -OCH3 is 1. The summed E-state index contributed by atoms with van der Waals surface area (Å²) in [5.74, 6) is 2.83. The van der Waals surface area contributed by atoms with Gasteiger partial charge < -0.3 is 19.7 Å². The van der Waals surface area contributed by atoms with Crippen molar-refractivity contribution in [3.05, 3.63) is 53.6 Å². The van der Waals surface area contributed by atoms with Crippen LogP contribution in [0.3, 0.4) is 0 Å². The third kappa shape index (κ3) is 7.55. The highest BCUT2D eigenvalue weighted by atomic mass is 32.2. The number of anilines is 3. The van der Waals surface area contributed by atoms with Gasteiger partial charge in [0.05, 0.1) is 29.7 Å². The molecule has 12 heteroatoms. The summed E-state index contributed by atoms with van der Waals surface area (Å²) in [6.45, 7) is 15.9. The fraction of sp³-hybridized carbons (Fsp3) is 0.452. The van der Waals surface area contributed by atoms with E-state index in [0.29, 0.717) is 12.2 Å². The number of fused-ring (bicyclic) bond motifs is 1. The van der Waals surface area contributed by atoms with Gasteiger partial charge in [-0.15, -0.1) is 11.8 Å². The molecule has 4 heterocycles. The van der Waals surface area contributed by atoms with Gasteiger partial charge in [-0.1, -0.05) is 20.8 Å². The van der Waals surface area contributed by atoms with Crippen molar-refractivity contribution < 1.29 is 14.3 Å². The first-order chi connectivity index (χ1) is 20.6. The predicted octanol–water partition coefficient (Wildman–Crippen LogP) is 5.38. The van der Waals surface area contributed by atoms with Crippen LogP contribution >= 0.6 is 11.8 Å². The Morgan fingerprint density at radius 3 is 2.51 bits per heavy atom. The summed E-state index contributed by atoms with van der Waals surface area (Å²) in [6.07, 6.45) is 4.06. The molecule has 0 saturated carbocycles. The molecule has 228 valence electrons. The number of nitrogens with zero attached hydrogens (tertiary/aromatic N) is 6. The van der Waals surface area contributed by atoms with Crippen molar-refractivity contribution in [1.29, 1.82) is 0 Å². The van der Waals surface area contributed by atoms with Crippen LogP contribution in [0, 0.1) is 13.8 Å². The van der Waals surface area contributed by atoms with E-state index in [4.69, 9.17) is 9.47 Å². The minimum Gasteiger partial charge on any atom is -0.492 e. The summed E-state index contributed by atoms with van der Waals surface area (Å²) in [7, 11) is 1.37. The Hall–Kier alpha value is -3.90. The van der Waals surface area contributed by atoms with Crippen molar-refractivity contribution in [2.24, 2.45) is 0 Å². The van der Waals surface area contributed by atoms with Gasteiger partial charge in [0.2, 0.25) is 0 Å². The second-order valence-electron chi connectivity index (χ2n) is 11.6. The zero-order chi connectivity index (χ0) is 30.6. The number of nitrogens with one attached hydrogen (secondary N) is 2. The number of esters is 1. The number of carbonyl (C=O) groups excluding carboxylic acids is 1. The first-order valence-electron chi connectivity index (χ1n) is 14.5. The van der Waals surface area contributed by atoms with Gasteiger partial charge in [-0.3, -0.25) is 10.00 Å². The number of aromatic amines is 1. The molecule has 1 aliphatic heterocycles. The Labute approximate surface area is 256 Å². The third-order valence-corrected chi connectivity index (χ3v) is 8.50. The van der Waals surface area contributed by atoms with Crippen LogP contribution in [0.4, 0.5) is 17.5 Å². The highest BCUT2D eigenvalue weighted by molar-refractivity contribution is 8.00. The monoisotopic (exact) mass is 604 g/mol. The SMILES string of the molecule is COC(=O)c1ccc(N2CCN(CCCOc3cc4ncnc(Nc5n[nH]c(C)c5C)c4cc3SC(C)(C)C)CC2)nc1. The zero-order valence-electron chi connectivity index (χ0n) is 25.7. The second-order valence-corrected chi connectivity index (χ2v) is 13.5. The van der Waals surface area contributed by atoms with Crippen LogP contribution in [0.5, 0.6) is 5.75 Å². The van der Waals surface area contributed by atoms with Gasteiger partial charge in [0.25, 0.3) is 0 Å². The molecular formula is C31H40N8O3S. The lowest BCUT2D eigenvalue weighted by atomic mass is 10.2. The highest BCUT2D eigenvalue weighted by Crippen LogP contribution is 2.41. The smallest absolute Gasteiger partial charge is 0.339 e. The molecule has 0 unspecified atom stereocenters. The number of ether oxygens (including phenoxy) is 2. The number of rotatable bonds is 10. The van der Waals surface area contributed by atoms with Gasteiger partial charge in [0.15, 0.2) is 5.82 Å². The molecular weight excluding hydrogens is 564 g/mol. The Balaban J connectivity index is 1.20. The van der Waals surface area contributed by atoms with Gasteiger partial charge in [0.1, 0.15) is 23.7 Å². The average molecular weight is 605 g/mol. The molecule has 3 aromatic heterocycles. The number of pyridine rings is 1. The summed E-state index contributed by atoms with van der Waals surface area (Å²) < 4.78 is 11.2. The van der Waals surface area contributed by atoms with Crippen molar-refractivity contribution in [3.63, 3.8) is 0 Å². The van der Waals surface area contributed by atoms with Gasteiger partial charge >= 0.3 is 5.97 Å². The van der Waals surface area contributed by atoms with Crippen molar-refractivity contribution in [2.45, 2.75) is 50.7 Å². The maximum atomic E-state index is 11.7. The molecule has 2 N–H and O–H groups in total. The maximum Gasteiger partial charge on any atom is 0.339 e. The van der Waals surface area contributed by atoms with Crippen molar-refractivity contribution in [3.8, 4) is 5.75 Å². The predicted molar refractivity (Wildman–Crippen MR) is 171 cm³/mol. The van der Waals surface area contributed by atoms with Gasteiger partial charge in [0, 0.05) is 66.4 Å². The number of aryl methyl sites for hydroxylation is 1. The van der Waals surface area contributed by atoms with Crippen LogP contribution in [-0.4, -0.2) is 87.2 Å². The van der Waals surface area contributed by atoms with E-state index in [1.54, 1.807) is 30.4 Å². The fourth-order valence-corrected chi connectivity index (χ4v) is 5.94. The minimum absolute atomic E-state index is 0.000921. The van der Waals surface area contributed by atoms with E-state index in [2.05, 4.69) is 67.1 Å². The van der Waals surface area contributed by atoms with Crippen LogP contribution in [0.15, 0.2) is 41.7 Å². The Kier molecular flexibility index (Phi) is 9.36. The number of piperazine rings is 1. The molecule has 1 saturated heterocycles. The van der Waals surface area contributed by atoms with E-state index in [1.165, 1.54) is 7.11 Å². The van der Waals surface area contributed by atoms with Crippen LogP contribution < -0.4 is 15.0 Å². The molecule has 0 bridgehead atoms. The van der Waals surface area contributed by atoms with E-state index in [-0.39, 0.29) is 10.7 Å². The molecule has 11 nitrogen and oxygen atoms in total. The van der Waals surface area contributed by atoms with E-state index in [1.807, 2.05) is 26.0 Å². The van der Waals surface area contributed by atoms with Crippen LogP contribution in [0.25, 0.3) is 10.9 Å². The quantitative estimate of drug-likeness (QED) is 0.138. The van der Waals surface area contributed by atoms with Crippen LogP contribution in [0.2, 0.25) is 0 Å². The molecule has 0 spiro atoms. The molecule has 0 aliphatic carbocycles. The van der Waals surface area contributed by atoms with E-state index >= 15 is 0 Å². The number of hydrogen-bond donors (Lipinski definition) is 2. The van der Waals surface area contributed by atoms with Crippen molar-refractivity contribution in [1.82, 2.24) is 30.0 Å². The van der Waals surface area contributed by atoms with Gasteiger partial charge in [-0.25, -0.2) is 19.7 Å². The Morgan fingerprint density at radius 2 is 1.86 bits per heavy atom. The molecule has 1 aliphatic rings. The summed E-state index contributed by atoms with van der Waals surface area (Å²) in [5, 5.41) is 11.7. The molecule has 43 heavy (non-hydrogen) atoms. The topological polar surface area (TPSA) is 121 Å². The van der Waals surface area contributed by atoms with Crippen molar-refractivity contribution >= 4 is 46.1 Å². The lowest BCUT2D eigenvalue weighted by molar-refractivity contribution is 0.0600. The van der Waals surface area contributed by atoms with Crippen LogP contribution in [0.1, 0.15) is 48.8 Å². The highest BCUT2D eigenvalue weighted by Gasteiger charge is 2.21. The average Bonchev–Trinajstić information content (AvgIpc) is 3.31. The maximum absolute atomic E-state index is 11.7. The second kappa shape index (κ2) is 13.2. The number of benzene rings is 1. The lowest BCUT2D eigenvalue weighted by Gasteiger charge is -2.35. The molecule has 5 rings (SSSR count). The third-order valence-electron chi connectivity index (χ3n) is 7.35. The zero-order valence-corrected chi connectivity index (χ0v) is 26.5. The number of H-pyrrole nitrogens is 1. The number of carbonyl (C=O) groups is 1. The summed E-state index contributed by atoms with van der Waals surface area (Å²) in [6, 6.07) is 7.80. The number of hydrogen-bond acceptors (Lipinski definition) is 11. The first kappa shape index (κ1) is 30.6. The summed E-state index contributed by atoms with van der Waals surface area (Å²) >= 11 is 1.77. The first-order valence-corrected chi connectivity index (χ1v) is 15.3. The summed E-state index contributed by atoms with van der Waals surface area (Å²) in [4.78, 5) is 31.0. The van der Waals surface area contributed by atoms with Gasteiger partial charge in [-0.2, -0.15) is 5.10 Å². The lowest BCUT2D eigenvalue weighted by Crippen LogP contribution is -2.47. The number of thioether (sulfide) groups is 1. The molecule has 0 radical (unpaired) electrons. The minimum atomic E-state index is -0.371. The fourth-order valence-electron chi connectivity index (χ4n) is 4.89. The van der Waals surface area contributed by atoms with E-state index in [0.717, 1.165) is 89.4 Å². The van der Waals surface area contributed by atoms with Crippen molar-refractivity contribution in [2.75, 3.05) is 56.7 Å². The normalized spacial score (nSPS) is 14.2. The molecule has 1 aromatic carbocycles. The Bertz CT molecular complexity index is 1560. The molecule has 4 aromatic rings. The van der Waals surface area contributed by atoms with E-state index in [9.17, 15) is 4.79 Å². The molecule has 1 fully saturated rings. The molecule has 0 amide bonds. The largest absolute Gasteiger partial charge is 0.492 e. The van der Waals surface area contributed by atoms with E-state index < -0.39 is 0 Å². The van der Waals surface area contributed by atoms with Gasteiger partial charge in [-0.05, 0) is 38.5 Å². The van der Waals surface area contributed by atoms with Crippen LogP contribution in [-0.2, 0) is 4.74 Å². The molecule has 0 atom stereocenters. The number of aromatic nitrogens is 5. The Morgan fingerprint density at radius 1 is 1.07 bits per heavy atom.